The normalized spacial score (nSPS) is 16.0. The molecule has 0 bridgehead atoms. The summed E-state index contributed by atoms with van der Waals surface area (Å²) in [7, 11) is 0. The summed E-state index contributed by atoms with van der Waals surface area (Å²) in [5, 5.41) is 3.32. The number of amides is 2. The zero-order valence-electron chi connectivity index (χ0n) is 16.4. The second-order valence-corrected chi connectivity index (χ2v) is 7.65. The van der Waals surface area contributed by atoms with E-state index in [9.17, 15) is 14.4 Å². The van der Waals surface area contributed by atoms with Gasteiger partial charge in [0.2, 0.25) is 5.91 Å². The first-order valence-corrected chi connectivity index (χ1v) is 9.76. The minimum atomic E-state index is -0.585. The Morgan fingerprint density at radius 3 is 2.72 bits per heavy atom. The Kier molecular flexibility index (Phi) is 6.54. The molecule has 1 atom stereocenters. The van der Waals surface area contributed by atoms with Crippen molar-refractivity contribution >= 4 is 35.1 Å². The third kappa shape index (κ3) is 5.35. The third-order valence-corrected chi connectivity index (χ3v) is 5.25. The Balaban J connectivity index is 1.51. The Labute approximate surface area is 174 Å². The molecule has 6 nitrogen and oxygen atoms in total. The standard InChI is InChI=1S/C22H23ClN2O4/c1-14-7-8-15(2)19(9-14)24-20(26)13-29-22(28)17-10-21(27)25(12-17)11-16-5-3-4-6-18(16)23/h3-9,17H,10-13H2,1-2H3,(H,24,26)/t17-/m0/s1. The second-order valence-electron chi connectivity index (χ2n) is 7.24. The van der Waals surface area contributed by atoms with Gasteiger partial charge >= 0.3 is 5.97 Å². The molecule has 152 valence electrons. The van der Waals surface area contributed by atoms with Crippen molar-refractivity contribution in [3.05, 3.63) is 64.2 Å². The number of aryl methyl sites for hydroxylation is 2. The third-order valence-electron chi connectivity index (χ3n) is 4.88. The van der Waals surface area contributed by atoms with Gasteiger partial charge in [0.1, 0.15) is 0 Å². The molecule has 1 fully saturated rings. The quantitative estimate of drug-likeness (QED) is 0.734. The van der Waals surface area contributed by atoms with E-state index >= 15 is 0 Å². The highest BCUT2D eigenvalue weighted by Crippen LogP contribution is 2.24. The van der Waals surface area contributed by atoms with Crippen LogP contribution in [0.1, 0.15) is 23.1 Å². The van der Waals surface area contributed by atoms with E-state index in [-0.39, 0.29) is 25.5 Å². The molecule has 1 aliphatic rings. The van der Waals surface area contributed by atoms with Gasteiger partial charge in [-0.25, -0.2) is 0 Å². The summed E-state index contributed by atoms with van der Waals surface area (Å²) in [5.41, 5.74) is 3.45. The highest BCUT2D eigenvalue weighted by Gasteiger charge is 2.35. The lowest BCUT2D eigenvalue weighted by Gasteiger charge is -2.17. The Morgan fingerprint density at radius 2 is 1.97 bits per heavy atom. The van der Waals surface area contributed by atoms with Crippen molar-refractivity contribution in [1.82, 2.24) is 4.90 Å². The van der Waals surface area contributed by atoms with Crippen LogP contribution in [0.2, 0.25) is 5.02 Å². The molecule has 29 heavy (non-hydrogen) atoms. The number of anilines is 1. The van der Waals surface area contributed by atoms with Crippen molar-refractivity contribution < 1.29 is 19.1 Å². The maximum atomic E-state index is 12.3. The molecule has 2 amide bonds. The van der Waals surface area contributed by atoms with Crippen molar-refractivity contribution in [2.75, 3.05) is 18.5 Å². The van der Waals surface area contributed by atoms with Crippen LogP contribution in [-0.4, -0.2) is 35.8 Å². The number of halogens is 1. The van der Waals surface area contributed by atoms with Gasteiger partial charge in [-0.2, -0.15) is 0 Å². The topological polar surface area (TPSA) is 75.7 Å². The van der Waals surface area contributed by atoms with Crippen LogP contribution >= 0.6 is 11.6 Å². The fraction of sp³-hybridized carbons (Fsp3) is 0.318. The van der Waals surface area contributed by atoms with Gasteiger partial charge in [0.15, 0.2) is 6.61 Å². The van der Waals surface area contributed by atoms with Crippen LogP contribution in [0.25, 0.3) is 0 Å². The summed E-state index contributed by atoms with van der Waals surface area (Å²) < 4.78 is 5.14. The van der Waals surface area contributed by atoms with Gasteiger partial charge in [0.25, 0.3) is 5.91 Å². The molecule has 0 saturated carbocycles. The van der Waals surface area contributed by atoms with Crippen LogP contribution in [0.5, 0.6) is 0 Å². The smallest absolute Gasteiger partial charge is 0.311 e. The number of hydrogen-bond donors (Lipinski definition) is 1. The molecule has 3 rings (SSSR count). The van der Waals surface area contributed by atoms with E-state index in [1.165, 1.54) is 0 Å². The Hall–Kier alpha value is -2.86. The molecule has 2 aromatic rings. The summed E-state index contributed by atoms with van der Waals surface area (Å²) in [6.07, 6.45) is 0.0713. The molecule has 1 aliphatic heterocycles. The van der Waals surface area contributed by atoms with E-state index < -0.39 is 17.8 Å². The van der Waals surface area contributed by atoms with Crippen LogP contribution in [0.15, 0.2) is 42.5 Å². The molecule has 7 heteroatoms. The second kappa shape index (κ2) is 9.09. The molecule has 0 radical (unpaired) electrons. The minimum Gasteiger partial charge on any atom is -0.455 e. The maximum absolute atomic E-state index is 12.3. The number of nitrogens with zero attached hydrogens (tertiary/aromatic N) is 1. The van der Waals surface area contributed by atoms with Crippen molar-refractivity contribution in [1.29, 1.82) is 0 Å². The Bertz CT molecular complexity index is 944. The lowest BCUT2D eigenvalue weighted by atomic mass is 10.1. The molecule has 0 spiro atoms. The molecular weight excluding hydrogens is 392 g/mol. The molecule has 2 aromatic carbocycles. The van der Waals surface area contributed by atoms with Crippen LogP contribution in [0.4, 0.5) is 5.69 Å². The van der Waals surface area contributed by atoms with E-state index in [1.807, 2.05) is 50.2 Å². The van der Waals surface area contributed by atoms with Gasteiger partial charge in [-0.1, -0.05) is 41.9 Å². The molecule has 1 saturated heterocycles. The zero-order valence-corrected chi connectivity index (χ0v) is 17.2. The highest BCUT2D eigenvalue weighted by atomic mass is 35.5. The number of carbonyl (C=O) groups excluding carboxylic acids is 3. The van der Waals surface area contributed by atoms with Crippen LogP contribution < -0.4 is 5.32 Å². The molecule has 0 aliphatic carbocycles. The van der Waals surface area contributed by atoms with Gasteiger partial charge in [0.05, 0.1) is 5.92 Å². The first-order valence-electron chi connectivity index (χ1n) is 9.38. The summed E-state index contributed by atoms with van der Waals surface area (Å²) in [6.45, 7) is 4.03. The molecule has 1 heterocycles. The summed E-state index contributed by atoms with van der Waals surface area (Å²) in [5.74, 6) is -1.68. The predicted molar refractivity (Wildman–Crippen MR) is 110 cm³/mol. The average molecular weight is 415 g/mol. The Morgan fingerprint density at radius 1 is 1.21 bits per heavy atom. The predicted octanol–water partition coefficient (Wildman–Crippen LogP) is 3.49. The average Bonchev–Trinajstić information content (AvgIpc) is 3.05. The van der Waals surface area contributed by atoms with Gasteiger partial charge in [-0.05, 0) is 42.7 Å². The van der Waals surface area contributed by atoms with Crippen molar-refractivity contribution in [3.63, 3.8) is 0 Å². The maximum Gasteiger partial charge on any atom is 0.311 e. The fourth-order valence-corrected chi connectivity index (χ4v) is 3.42. The number of carbonyl (C=O) groups is 3. The van der Waals surface area contributed by atoms with Gasteiger partial charge in [0, 0.05) is 30.2 Å². The molecule has 1 N–H and O–H groups in total. The van der Waals surface area contributed by atoms with E-state index in [0.29, 0.717) is 17.3 Å². The number of nitrogens with one attached hydrogen (secondary N) is 1. The summed E-state index contributed by atoms with van der Waals surface area (Å²) in [4.78, 5) is 38.3. The van der Waals surface area contributed by atoms with Gasteiger partial charge in [-0.15, -0.1) is 0 Å². The minimum absolute atomic E-state index is 0.0713. The van der Waals surface area contributed by atoms with Crippen molar-refractivity contribution in [2.45, 2.75) is 26.8 Å². The number of rotatable bonds is 6. The SMILES string of the molecule is Cc1ccc(C)c(NC(=O)COC(=O)[C@H]2CC(=O)N(Cc3ccccc3Cl)C2)c1. The zero-order chi connectivity index (χ0) is 21.0. The first kappa shape index (κ1) is 20.9. The van der Waals surface area contributed by atoms with E-state index in [0.717, 1.165) is 16.7 Å². The van der Waals surface area contributed by atoms with E-state index in [4.69, 9.17) is 16.3 Å². The first-order chi connectivity index (χ1) is 13.8. The van der Waals surface area contributed by atoms with E-state index in [2.05, 4.69) is 5.32 Å². The fourth-order valence-electron chi connectivity index (χ4n) is 3.23. The largest absolute Gasteiger partial charge is 0.455 e. The lowest BCUT2D eigenvalue weighted by molar-refractivity contribution is -0.151. The number of likely N-dealkylation sites (tertiary alicyclic amines) is 1. The van der Waals surface area contributed by atoms with Crippen LogP contribution in [-0.2, 0) is 25.7 Å². The van der Waals surface area contributed by atoms with Crippen LogP contribution in [0.3, 0.4) is 0 Å². The lowest BCUT2D eigenvalue weighted by Crippen LogP contribution is -2.28. The number of hydrogen-bond acceptors (Lipinski definition) is 4. The monoisotopic (exact) mass is 414 g/mol. The molecule has 0 unspecified atom stereocenters. The van der Waals surface area contributed by atoms with Crippen molar-refractivity contribution in [3.8, 4) is 0 Å². The van der Waals surface area contributed by atoms with E-state index in [1.54, 1.807) is 11.0 Å². The molecule has 0 aromatic heterocycles. The highest BCUT2D eigenvalue weighted by molar-refractivity contribution is 6.31. The summed E-state index contributed by atoms with van der Waals surface area (Å²) >= 11 is 6.15. The number of esters is 1. The van der Waals surface area contributed by atoms with Gasteiger partial charge in [-0.3, -0.25) is 14.4 Å². The van der Waals surface area contributed by atoms with Crippen LogP contribution in [0, 0.1) is 19.8 Å². The van der Waals surface area contributed by atoms with Crippen molar-refractivity contribution in [2.24, 2.45) is 5.92 Å². The molecular formula is C22H23ClN2O4. The number of ether oxygens (including phenoxy) is 1. The van der Waals surface area contributed by atoms with Gasteiger partial charge < -0.3 is 15.0 Å². The number of benzene rings is 2. The summed E-state index contributed by atoms with van der Waals surface area (Å²) in [6, 6.07) is 13.0.